The molecular formula is C33H28Br6Cl2N4O14. The normalized spacial score (nSPS) is 11.6. The topological polar surface area (TPSA) is 256 Å². The highest BCUT2D eigenvalue weighted by Gasteiger charge is 2.31. The summed E-state index contributed by atoms with van der Waals surface area (Å²) in [6.45, 7) is 2.95. The fraction of sp³-hybridized carbons (Fsp3) is 0.333. The number of amides is 4. The van der Waals surface area contributed by atoms with Gasteiger partial charge in [-0.1, -0.05) is 0 Å². The van der Waals surface area contributed by atoms with Crippen LogP contribution in [0.15, 0.2) is 26.8 Å². The summed E-state index contributed by atoms with van der Waals surface area (Å²) in [6.07, 6.45) is -3.15. The van der Waals surface area contributed by atoms with Crippen molar-refractivity contribution in [2.24, 2.45) is 0 Å². The first kappa shape index (κ1) is 52.1. The average molecular weight is 1250 g/mol. The van der Waals surface area contributed by atoms with E-state index in [2.05, 4.69) is 117 Å². The molecule has 2 unspecified atom stereocenters. The summed E-state index contributed by atoms with van der Waals surface area (Å²) in [4.78, 5) is 124. The quantitative estimate of drug-likeness (QED) is 0.0543. The predicted octanol–water partition coefficient (Wildman–Crippen LogP) is 6.44. The lowest BCUT2D eigenvalue weighted by Crippen LogP contribution is -2.38. The fourth-order valence-corrected chi connectivity index (χ4v) is 11.2. The zero-order valence-corrected chi connectivity index (χ0v) is 41.5. The summed E-state index contributed by atoms with van der Waals surface area (Å²) in [5.74, 6) is -6.60. The third-order valence-corrected chi connectivity index (χ3v) is 12.1. The lowest BCUT2D eigenvalue weighted by Gasteiger charge is -2.21. The predicted molar refractivity (Wildman–Crippen MR) is 230 cm³/mol. The number of ether oxygens (including phenoxy) is 4. The maximum Gasteiger partial charge on any atom is 0.303 e. The Hall–Kier alpha value is -3.00. The van der Waals surface area contributed by atoms with E-state index < -0.39 is 89.8 Å². The van der Waals surface area contributed by atoms with E-state index in [-0.39, 0.29) is 73.6 Å². The van der Waals surface area contributed by atoms with Crippen LogP contribution < -0.4 is 21.3 Å². The van der Waals surface area contributed by atoms with Gasteiger partial charge in [-0.15, -0.1) is 0 Å². The number of rotatable bonds is 18. The first-order valence-electron chi connectivity index (χ1n) is 16.0. The van der Waals surface area contributed by atoms with Crippen LogP contribution in [0.2, 0.25) is 0 Å². The van der Waals surface area contributed by atoms with Gasteiger partial charge in [0.1, 0.15) is 19.6 Å². The lowest BCUT2D eigenvalue weighted by molar-refractivity contribution is -0.155. The molecule has 4 N–H and O–H groups in total. The molecular weight excluding hydrogens is 1230 g/mol. The maximum atomic E-state index is 13.5. The standard InChI is InChI=1S/C33H28Br6Cl2N4O14/c1-10(46)56-8-14(58-12(3)48)6-42-32(54)20-22(34)18(30(40)52)24(36)28(26(20)38)44-16(50)5-17(51)45-29-25(37)19(31(41)53)23(35)21(27(29)39)33(55)43-7-15(59-13(4)49)9-57-11(2)47/h14-15H,5-9H2,1-4H3,(H,42,54)(H,43,55)(H,44,50)(H,45,51). The molecule has 0 spiro atoms. The molecule has 0 radical (unpaired) electrons. The van der Waals surface area contributed by atoms with Crippen LogP contribution in [-0.2, 0) is 47.7 Å². The second-order valence-corrected chi connectivity index (χ2v) is 16.9. The Kier molecular flexibility index (Phi) is 21.1. The summed E-state index contributed by atoms with van der Waals surface area (Å²) in [6, 6.07) is 0. The SMILES string of the molecule is CC(=O)OCC(CNC(=O)c1c(Br)c(NC(=O)CC(=O)Nc2c(Br)c(C(=O)Cl)c(Br)c(C(=O)NCC(COC(C)=O)OC(C)=O)c2Br)c(Br)c(C(=O)Cl)c1Br)OC(C)=O. The van der Waals surface area contributed by atoms with Crippen LogP contribution in [0.4, 0.5) is 11.4 Å². The van der Waals surface area contributed by atoms with Gasteiger partial charge in [-0.2, -0.15) is 0 Å². The van der Waals surface area contributed by atoms with Crippen molar-refractivity contribution in [3.05, 3.63) is 49.1 Å². The van der Waals surface area contributed by atoms with Crippen LogP contribution in [0.5, 0.6) is 0 Å². The van der Waals surface area contributed by atoms with Gasteiger partial charge in [0.2, 0.25) is 11.8 Å². The van der Waals surface area contributed by atoms with Crippen LogP contribution in [0.1, 0.15) is 75.5 Å². The van der Waals surface area contributed by atoms with Gasteiger partial charge in [0, 0.05) is 36.6 Å². The van der Waals surface area contributed by atoms with Crippen LogP contribution in [0.25, 0.3) is 0 Å². The Balaban J connectivity index is 2.44. The first-order chi connectivity index (χ1) is 27.4. The molecule has 2 aromatic rings. The van der Waals surface area contributed by atoms with Gasteiger partial charge in [-0.05, 0) is 119 Å². The van der Waals surface area contributed by atoms with Crippen molar-refractivity contribution in [1.29, 1.82) is 0 Å². The summed E-state index contributed by atoms with van der Waals surface area (Å²) in [7, 11) is 0. The van der Waals surface area contributed by atoms with Gasteiger partial charge in [0.25, 0.3) is 22.3 Å². The van der Waals surface area contributed by atoms with Crippen LogP contribution in [0, 0.1) is 0 Å². The van der Waals surface area contributed by atoms with E-state index in [1.807, 2.05) is 0 Å². The van der Waals surface area contributed by atoms with Gasteiger partial charge >= 0.3 is 23.9 Å². The molecule has 2 atom stereocenters. The first-order valence-corrected chi connectivity index (χ1v) is 21.5. The Morgan fingerprint density at radius 2 is 0.797 bits per heavy atom. The monoisotopic (exact) mass is 1250 g/mol. The Morgan fingerprint density at radius 1 is 0.492 bits per heavy atom. The number of hydrogen-bond donors (Lipinski definition) is 4. The van der Waals surface area contributed by atoms with Crippen molar-refractivity contribution in [3.8, 4) is 0 Å². The summed E-state index contributed by atoms with van der Waals surface area (Å²) < 4.78 is 19.2. The molecule has 0 aromatic heterocycles. The van der Waals surface area contributed by atoms with Crippen LogP contribution in [0.3, 0.4) is 0 Å². The molecule has 0 aliphatic heterocycles. The minimum atomic E-state index is -1.10. The smallest absolute Gasteiger partial charge is 0.303 e. The fourth-order valence-electron chi connectivity index (χ4n) is 4.55. The second kappa shape index (κ2) is 23.9. The number of halogens is 8. The third-order valence-electron chi connectivity index (χ3n) is 6.92. The molecule has 59 heavy (non-hydrogen) atoms. The van der Waals surface area contributed by atoms with E-state index in [1.54, 1.807) is 0 Å². The third kappa shape index (κ3) is 15.1. The zero-order valence-electron chi connectivity index (χ0n) is 30.4. The number of nitrogens with one attached hydrogen (secondary N) is 4. The molecule has 2 aromatic carbocycles. The van der Waals surface area contributed by atoms with Gasteiger partial charge in [-0.3, -0.25) is 47.9 Å². The summed E-state index contributed by atoms with van der Waals surface area (Å²) >= 11 is 30.9. The van der Waals surface area contributed by atoms with E-state index in [4.69, 9.17) is 42.1 Å². The number of carbonyl (C=O) groups excluding carboxylic acids is 10. The van der Waals surface area contributed by atoms with Crippen molar-refractivity contribution >= 4 is 188 Å². The molecule has 18 nitrogen and oxygen atoms in total. The molecule has 320 valence electrons. The molecule has 0 saturated carbocycles. The highest BCUT2D eigenvalue weighted by atomic mass is 79.9. The largest absolute Gasteiger partial charge is 0.462 e. The van der Waals surface area contributed by atoms with E-state index in [9.17, 15) is 47.9 Å². The number of benzene rings is 2. The number of esters is 4. The highest BCUT2D eigenvalue weighted by molar-refractivity contribution is 9.12. The van der Waals surface area contributed by atoms with Crippen molar-refractivity contribution in [2.45, 2.75) is 46.3 Å². The molecule has 2 rings (SSSR count). The summed E-state index contributed by atoms with van der Waals surface area (Å²) in [5.41, 5.74) is -1.62. The number of hydrogen-bond acceptors (Lipinski definition) is 14. The molecule has 0 saturated heterocycles. The average Bonchev–Trinajstić information content (AvgIpc) is 3.10. The maximum absolute atomic E-state index is 13.5. The van der Waals surface area contributed by atoms with Crippen molar-refractivity contribution < 1.29 is 66.9 Å². The van der Waals surface area contributed by atoms with E-state index in [0.717, 1.165) is 27.7 Å². The van der Waals surface area contributed by atoms with Gasteiger partial charge in [-0.25, -0.2) is 0 Å². The number of carbonyl (C=O) groups is 10. The Morgan fingerprint density at radius 3 is 1.07 bits per heavy atom. The molecule has 0 aliphatic rings. The van der Waals surface area contributed by atoms with Crippen molar-refractivity contribution in [1.82, 2.24) is 10.6 Å². The highest BCUT2D eigenvalue weighted by Crippen LogP contribution is 2.44. The minimum absolute atomic E-state index is 0.114. The lowest BCUT2D eigenvalue weighted by atomic mass is 10.1. The van der Waals surface area contributed by atoms with Crippen LogP contribution in [-0.4, -0.2) is 96.5 Å². The number of anilines is 2. The molecule has 0 bridgehead atoms. The van der Waals surface area contributed by atoms with Gasteiger partial charge < -0.3 is 40.2 Å². The molecule has 0 fully saturated rings. The van der Waals surface area contributed by atoms with E-state index in [0.29, 0.717) is 0 Å². The molecule has 0 aliphatic carbocycles. The van der Waals surface area contributed by atoms with Gasteiger partial charge in [0.15, 0.2) is 12.2 Å². The molecule has 4 amide bonds. The van der Waals surface area contributed by atoms with Crippen molar-refractivity contribution in [2.75, 3.05) is 36.9 Å². The molecule has 0 heterocycles. The Labute approximate surface area is 394 Å². The second-order valence-electron chi connectivity index (χ2n) is 11.4. The van der Waals surface area contributed by atoms with Crippen molar-refractivity contribution in [3.63, 3.8) is 0 Å². The minimum Gasteiger partial charge on any atom is -0.462 e. The van der Waals surface area contributed by atoms with Crippen LogP contribution >= 0.6 is 119 Å². The van der Waals surface area contributed by atoms with Gasteiger partial charge in [0.05, 0.1) is 64.6 Å². The summed E-state index contributed by atoms with van der Waals surface area (Å²) in [5, 5.41) is 7.65. The van der Waals surface area contributed by atoms with E-state index >= 15 is 0 Å². The Bertz CT molecular complexity index is 1980. The van der Waals surface area contributed by atoms with E-state index in [1.165, 1.54) is 0 Å². The molecule has 26 heteroatoms. The zero-order chi connectivity index (χ0) is 45.0.